The van der Waals surface area contributed by atoms with Crippen LogP contribution in [0.4, 0.5) is 5.82 Å². The van der Waals surface area contributed by atoms with Crippen LogP contribution in [0.2, 0.25) is 0 Å². The number of hydrogen-bond acceptors (Lipinski definition) is 8. The highest BCUT2D eigenvalue weighted by molar-refractivity contribution is 6.02. The van der Waals surface area contributed by atoms with Gasteiger partial charge in [-0.15, -0.1) is 0 Å². The number of aromatic nitrogens is 2. The second-order valence-corrected chi connectivity index (χ2v) is 17.1. The van der Waals surface area contributed by atoms with Gasteiger partial charge in [0.25, 0.3) is 0 Å². The lowest BCUT2D eigenvalue weighted by Gasteiger charge is -2.37. The molecule has 1 aliphatic heterocycles. The number of aromatic hydroxyl groups is 2. The molecule has 0 saturated heterocycles. The predicted octanol–water partition coefficient (Wildman–Crippen LogP) is 8.52. The molecule has 3 aromatic carbocycles. The number of ketones is 2. The molecule has 3 heterocycles. The Bertz CT molecular complexity index is 2370. The smallest absolute Gasteiger partial charge is 0.163 e. The van der Waals surface area contributed by atoms with Crippen LogP contribution >= 0.6 is 0 Å². The molecule has 3 aliphatic carbocycles. The van der Waals surface area contributed by atoms with Crippen LogP contribution in [0, 0.1) is 5.92 Å². The number of phenolic OH excluding ortho intramolecular Hbond substituents is 2. The van der Waals surface area contributed by atoms with Crippen LogP contribution in [0.25, 0.3) is 6.08 Å². The zero-order valence-electron chi connectivity index (χ0n) is 33.2. The molecule has 0 amide bonds. The summed E-state index contributed by atoms with van der Waals surface area (Å²) in [6.07, 6.45) is 10.7. The number of carbonyl (C=O) groups is 2. The van der Waals surface area contributed by atoms with Crippen LogP contribution in [0.3, 0.4) is 0 Å². The molecule has 1 fully saturated rings. The highest BCUT2D eigenvalue weighted by Gasteiger charge is 2.42. The second-order valence-electron chi connectivity index (χ2n) is 17.1. The summed E-state index contributed by atoms with van der Waals surface area (Å²) >= 11 is 0. The van der Waals surface area contributed by atoms with Crippen molar-refractivity contribution in [1.82, 2.24) is 9.97 Å². The molecule has 59 heavy (non-hydrogen) atoms. The van der Waals surface area contributed by atoms with E-state index in [2.05, 4.69) is 33.5 Å². The number of aliphatic hydroxyl groups is 2. The lowest BCUT2D eigenvalue weighted by Crippen LogP contribution is -2.37. The molecule has 5 aromatic rings. The highest BCUT2D eigenvalue weighted by Crippen LogP contribution is 2.48. The zero-order chi connectivity index (χ0) is 40.6. The SMILES string of the molecule is O=C1CCc2cc(OC3CCCC3)c(O)c(c2)[C@H](O)c2cccc(c2)[C@H]2CC[C@H](Nc3[nH]ccc32)C2=Cc3[nH]ccc3[C@@H](C[C@H](O)CCc3cccc(O)c3)[C@H]2C(=O)C1. The molecule has 6 atom stereocenters. The van der Waals surface area contributed by atoms with Crippen molar-refractivity contribution in [3.63, 3.8) is 0 Å². The lowest BCUT2D eigenvalue weighted by atomic mass is 9.68. The van der Waals surface area contributed by atoms with E-state index in [-0.39, 0.29) is 59.9 Å². The average molecular weight is 796 g/mol. The van der Waals surface area contributed by atoms with Crippen molar-refractivity contribution in [3.05, 3.63) is 135 Å². The van der Waals surface area contributed by atoms with Gasteiger partial charge < -0.3 is 40.4 Å². The number of carbonyl (C=O) groups excluding carboxylic acids is 2. The summed E-state index contributed by atoms with van der Waals surface area (Å²) in [6, 6.07) is 22.3. The maximum Gasteiger partial charge on any atom is 0.163 e. The summed E-state index contributed by atoms with van der Waals surface area (Å²) in [5, 5.41) is 49.0. The topological polar surface area (TPSA) is 168 Å². The molecule has 306 valence electrons. The molecule has 2 aromatic heterocycles. The molecule has 4 aliphatic rings. The van der Waals surface area contributed by atoms with Gasteiger partial charge in [0.05, 0.1) is 18.6 Å². The molecule has 7 N–H and O–H groups in total. The number of aromatic amines is 2. The van der Waals surface area contributed by atoms with Gasteiger partial charge in [0.2, 0.25) is 0 Å². The number of benzene rings is 3. The zero-order valence-corrected chi connectivity index (χ0v) is 33.2. The summed E-state index contributed by atoms with van der Waals surface area (Å²) in [4.78, 5) is 35.6. The van der Waals surface area contributed by atoms with Gasteiger partial charge in [0, 0.05) is 59.4 Å². The number of hydrogen-bond donors (Lipinski definition) is 7. The maximum absolute atomic E-state index is 14.9. The quantitative estimate of drug-likeness (QED) is 0.0805. The van der Waals surface area contributed by atoms with Gasteiger partial charge in [-0.3, -0.25) is 9.59 Å². The van der Waals surface area contributed by atoms with E-state index in [1.807, 2.05) is 42.7 Å². The van der Waals surface area contributed by atoms with Crippen molar-refractivity contribution in [2.45, 2.75) is 113 Å². The average Bonchev–Trinajstić information content (AvgIpc) is 4.01. The third kappa shape index (κ3) is 8.08. The minimum Gasteiger partial charge on any atom is -0.508 e. The summed E-state index contributed by atoms with van der Waals surface area (Å²) in [6.45, 7) is 0. The van der Waals surface area contributed by atoms with E-state index < -0.39 is 18.1 Å². The van der Waals surface area contributed by atoms with E-state index in [1.54, 1.807) is 30.3 Å². The first-order valence-corrected chi connectivity index (χ1v) is 21.3. The standard InChI is InChI=1S/C49H53N3O7/c53-32-8-3-5-28(21-32)11-13-33(54)25-39-37-17-19-50-43(37)27-40-42-16-15-36(38-18-20-51-49(38)52-42)30-6-4-7-31(24-30)47(57)41-22-29(12-14-34(55)26-44(56)46(39)40)23-45(48(41)58)59-35-9-1-2-10-35/h3-8,17-24,27,33,35-36,39,42,46-47,50-54,57-58H,1-2,9-16,25-26H2/t33-,36-,39-,42+,46-,47-/m1/s1. The van der Waals surface area contributed by atoms with Gasteiger partial charge in [-0.25, -0.2) is 0 Å². The molecule has 0 spiro atoms. The van der Waals surface area contributed by atoms with E-state index in [0.717, 1.165) is 77.0 Å². The van der Waals surface area contributed by atoms with E-state index in [9.17, 15) is 30.0 Å². The van der Waals surface area contributed by atoms with Gasteiger partial charge in [0.15, 0.2) is 11.5 Å². The number of fused-ring (bicyclic) bond motifs is 13. The minimum atomic E-state index is -1.14. The van der Waals surface area contributed by atoms with Crippen molar-refractivity contribution < 1.29 is 34.8 Å². The second kappa shape index (κ2) is 16.6. The number of nitrogens with one attached hydrogen (secondary N) is 3. The fourth-order valence-electron chi connectivity index (χ4n) is 10.2. The van der Waals surface area contributed by atoms with Crippen molar-refractivity contribution in [3.8, 4) is 17.2 Å². The van der Waals surface area contributed by atoms with Crippen LogP contribution in [0.5, 0.6) is 17.2 Å². The third-order valence-electron chi connectivity index (χ3n) is 13.2. The summed E-state index contributed by atoms with van der Waals surface area (Å²) in [5.74, 6) is -0.206. The van der Waals surface area contributed by atoms with E-state index in [4.69, 9.17) is 4.74 Å². The predicted molar refractivity (Wildman–Crippen MR) is 226 cm³/mol. The molecule has 6 bridgehead atoms. The molecule has 1 saturated carbocycles. The Morgan fingerprint density at radius 3 is 2.46 bits per heavy atom. The van der Waals surface area contributed by atoms with Crippen molar-refractivity contribution in [1.29, 1.82) is 0 Å². The Labute approximate surface area is 344 Å². The summed E-state index contributed by atoms with van der Waals surface area (Å²) in [5.41, 5.74) is 7.48. The first-order chi connectivity index (χ1) is 28.7. The van der Waals surface area contributed by atoms with Crippen molar-refractivity contribution in [2.75, 3.05) is 5.32 Å². The van der Waals surface area contributed by atoms with E-state index in [0.29, 0.717) is 49.0 Å². The first-order valence-electron chi connectivity index (χ1n) is 21.3. The lowest BCUT2D eigenvalue weighted by molar-refractivity contribution is -0.129. The Hall–Kier alpha value is -5.58. The van der Waals surface area contributed by atoms with Gasteiger partial charge in [-0.05, 0) is 140 Å². The van der Waals surface area contributed by atoms with Gasteiger partial charge in [-0.2, -0.15) is 0 Å². The third-order valence-corrected chi connectivity index (χ3v) is 13.2. The molecule has 9 rings (SSSR count). The number of Topliss-reactive ketones (excluding diaryl/α,β-unsaturated/α-hetero) is 2. The van der Waals surface area contributed by atoms with Gasteiger partial charge in [-0.1, -0.05) is 36.4 Å². The van der Waals surface area contributed by atoms with Crippen LogP contribution < -0.4 is 10.1 Å². The highest BCUT2D eigenvalue weighted by atomic mass is 16.5. The van der Waals surface area contributed by atoms with E-state index in [1.165, 1.54) is 0 Å². The maximum atomic E-state index is 14.9. The van der Waals surface area contributed by atoms with E-state index >= 15 is 0 Å². The monoisotopic (exact) mass is 795 g/mol. The fourth-order valence-corrected chi connectivity index (χ4v) is 10.2. The van der Waals surface area contributed by atoms with Crippen LogP contribution in [-0.4, -0.2) is 60.2 Å². The number of ether oxygens (including phenoxy) is 1. The Balaban J connectivity index is 1.10. The molecular weight excluding hydrogens is 743 g/mol. The number of rotatable bonds is 7. The van der Waals surface area contributed by atoms with Gasteiger partial charge in [0.1, 0.15) is 29.2 Å². The molecule has 0 unspecified atom stereocenters. The number of aryl methyl sites for hydroxylation is 2. The number of anilines is 1. The van der Waals surface area contributed by atoms with Crippen molar-refractivity contribution in [2.24, 2.45) is 5.92 Å². The molecule has 0 radical (unpaired) electrons. The number of H-pyrrole nitrogens is 2. The Morgan fingerprint density at radius 1 is 0.814 bits per heavy atom. The van der Waals surface area contributed by atoms with Crippen LogP contribution in [-0.2, 0) is 22.4 Å². The largest absolute Gasteiger partial charge is 0.508 e. The Morgan fingerprint density at radius 2 is 1.61 bits per heavy atom. The summed E-state index contributed by atoms with van der Waals surface area (Å²) in [7, 11) is 0. The van der Waals surface area contributed by atoms with Crippen molar-refractivity contribution >= 4 is 23.5 Å². The van der Waals surface area contributed by atoms with Gasteiger partial charge >= 0.3 is 0 Å². The normalized spacial score (nSPS) is 23.8. The first kappa shape index (κ1) is 38.9. The minimum absolute atomic E-state index is 0.0334. The fraction of sp³-hybridized carbons (Fsp3) is 0.388. The summed E-state index contributed by atoms with van der Waals surface area (Å²) < 4.78 is 6.35. The number of phenols is 2. The van der Waals surface area contributed by atoms with Crippen LogP contribution in [0.15, 0.2) is 90.8 Å². The Kier molecular flexibility index (Phi) is 10.9. The number of aliphatic hydroxyl groups excluding tert-OH is 2. The molecule has 10 heteroatoms. The van der Waals surface area contributed by atoms with Crippen LogP contribution in [0.1, 0.15) is 127 Å². The molecular formula is C49H53N3O7. The molecule has 10 nitrogen and oxygen atoms in total.